The Morgan fingerprint density at radius 3 is 1.80 bits per heavy atom. The molecule has 3 aromatic carbocycles. The fourth-order valence-corrected chi connectivity index (χ4v) is 5.75. The summed E-state index contributed by atoms with van der Waals surface area (Å²) in [4.78, 5) is 66.7. The molecule has 0 bridgehead atoms. The summed E-state index contributed by atoms with van der Waals surface area (Å²) in [5, 5.41) is 10.0. The van der Waals surface area contributed by atoms with Crippen molar-refractivity contribution in [1.29, 1.82) is 0 Å². The Kier molecular flexibility index (Phi) is 9.99. The van der Waals surface area contributed by atoms with Gasteiger partial charge in [0.2, 0.25) is 17.7 Å². The smallest absolute Gasteiger partial charge is 0.408 e. The molecule has 0 aliphatic heterocycles. The van der Waals surface area contributed by atoms with Gasteiger partial charge in [0.1, 0.15) is 24.7 Å². The lowest BCUT2D eigenvalue weighted by Gasteiger charge is -2.24. The number of aromatic nitrogens is 4. The highest BCUT2D eigenvalue weighted by atomic mass is 16.5. The molecule has 250 valence electrons. The van der Waals surface area contributed by atoms with Gasteiger partial charge in [-0.15, -0.1) is 0 Å². The number of alkyl carbamates (subject to hydrolysis) is 1. The molecule has 3 atom stereocenters. The number of nitrogens with two attached hydrogens (primary N) is 1. The second kappa shape index (κ2) is 15.0. The van der Waals surface area contributed by atoms with Crippen molar-refractivity contribution in [2.75, 3.05) is 0 Å². The van der Waals surface area contributed by atoms with E-state index in [1.165, 1.54) is 12.5 Å². The van der Waals surface area contributed by atoms with Crippen molar-refractivity contribution in [2.24, 2.45) is 5.73 Å². The summed E-state index contributed by atoms with van der Waals surface area (Å²) < 4.78 is 5.45. The minimum Gasteiger partial charge on any atom is -0.445 e. The van der Waals surface area contributed by atoms with Crippen molar-refractivity contribution in [2.45, 2.75) is 44.0 Å². The van der Waals surface area contributed by atoms with Crippen LogP contribution in [0.15, 0.2) is 104 Å². The fraction of sp³-hybridized carbons (Fsp3) is 0.194. The molecular weight excluding hydrogens is 624 g/mol. The molecule has 0 spiro atoms. The van der Waals surface area contributed by atoms with Gasteiger partial charge in [-0.05, 0) is 28.8 Å². The van der Waals surface area contributed by atoms with Gasteiger partial charge in [-0.1, -0.05) is 66.7 Å². The van der Waals surface area contributed by atoms with Gasteiger partial charge < -0.3 is 41.4 Å². The van der Waals surface area contributed by atoms with Crippen LogP contribution in [-0.4, -0.2) is 61.9 Å². The number of aromatic amines is 3. The van der Waals surface area contributed by atoms with E-state index in [2.05, 4.69) is 35.9 Å². The lowest BCUT2D eigenvalue weighted by molar-refractivity contribution is -0.131. The Balaban J connectivity index is 1.26. The van der Waals surface area contributed by atoms with E-state index in [0.29, 0.717) is 5.69 Å². The zero-order valence-corrected chi connectivity index (χ0v) is 26.4. The molecule has 49 heavy (non-hydrogen) atoms. The largest absolute Gasteiger partial charge is 0.445 e. The van der Waals surface area contributed by atoms with E-state index in [4.69, 9.17) is 10.5 Å². The number of amides is 4. The number of para-hydroxylation sites is 2. The molecular formula is C36H36N8O5. The highest BCUT2D eigenvalue weighted by Gasteiger charge is 2.31. The summed E-state index contributed by atoms with van der Waals surface area (Å²) >= 11 is 0. The van der Waals surface area contributed by atoms with E-state index in [1.54, 1.807) is 12.4 Å². The molecule has 0 saturated carbocycles. The highest BCUT2D eigenvalue weighted by Crippen LogP contribution is 2.21. The van der Waals surface area contributed by atoms with Gasteiger partial charge in [0.25, 0.3) is 0 Å². The summed E-state index contributed by atoms with van der Waals surface area (Å²) in [7, 11) is 0. The summed E-state index contributed by atoms with van der Waals surface area (Å²) in [5.74, 6) is -1.99. The maximum atomic E-state index is 14.1. The van der Waals surface area contributed by atoms with Crippen molar-refractivity contribution in [3.05, 3.63) is 126 Å². The van der Waals surface area contributed by atoms with Crippen LogP contribution in [-0.2, 0) is 45.0 Å². The summed E-state index contributed by atoms with van der Waals surface area (Å²) in [6, 6.07) is 21.0. The second-order valence-corrected chi connectivity index (χ2v) is 11.7. The van der Waals surface area contributed by atoms with Crippen LogP contribution in [0.5, 0.6) is 0 Å². The molecule has 3 aromatic heterocycles. The molecule has 0 radical (unpaired) electrons. The zero-order valence-electron chi connectivity index (χ0n) is 26.4. The Hall–Kier alpha value is -6.37. The van der Waals surface area contributed by atoms with Crippen molar-refractivity contribution < 1.29 is 23.9 Å². The van der Waals surface area contributed by atoms with Gasteiger partial charge in [-0.3, -0.25) is 14.4 Å². The molecule has 13 heteroatoms. The molecule has 0 fully saturated rings. The highest BCUT2D eigenvalue weighted by molar-refractivity contribution is 5.95. The molecule has 0 unspecified atom stereocenters. The molecule has 0 aliphatic carbocycles. The number of primary amides is 1. The maximum Gasteiger partial charge on any atom is 0.408 e. The van der Waals surface area contributed by atoms with Crippen LogP contribution in [0.3, 0.4) is 0 Å². The van der Waals surface area contributed by atoms with Crippen molar-refractivity contribution in [3.8, 4) is 0 Å². The molecule has 4 amide bonds. The predicted octanol–water partition coefficient (Wildman–Crippen LogP) is 3.15. The van der Waals surface area contributed by atoms with Gasteiger partial charge in [0, 0.05) is 65.4 Å². The summed E-state index contributed by atoms with van der Waals surface area (Å²) in [5.41, 5.74) is 10.3. The predicted molar refractivity (Wildman–Crippen MR) is 183 cm³/mol. The quantitative estimate of drug-likeness (QED) is 0.0936. The Labute approximate surface area is 281 Å². The Morgan fingerprint density at radius 1 is 0.673 bits per heavy atom. The summed E-state index contributed by atoms with van der Waals surface area (Å²) in [6.45, 7) is 0.00449. The number of hydrogen-bond donors (Lipinski definition) is 7. The molecule has 3 heterocycles. The zero-order chi connectivity index (χ0) is 34.2. The molecule has 13 nitrogen and oxygen atoms in total. The van der Waals surface area contributed by atoms with Crippen LogP contribution in [0.1, 0.15) is 22.4 Å². The third-order valence-corrected chi connectivity index (χ3v) is 8.29. The number of nitrogens with zero attached hydrogens (tertiary/aromatic N) is 1. The normalized spacial score (nSPS) is 13.0. The van der Waals surface area contributed by atoms with Crippen LogP contribution in [0, 0.1) is 0 Å². The first-order chi connectivity index (χ1) is 23.8. The standard InChI is InChI=1S/C36H36N8O5/c37-33(45)30(16-25-19-38-21-41-25)42-34(46)31(14-23-17-39-28-12-6-4-10-26(23)28)43-35(47)32(15-24-18-40-29-13-7-5-11-27(24)29)44-36(48)49-20-22-8-2-1-3-9-22/h1-13,17-19,21,30-32,39-40H,14-16,20H2,(H2,37,45)(H,38,41)(H,42,46)(H,43,47)(H,44,48)/t30-,31-,32-/m0/s1. The van der Waals surface area contributed by atoms with Crippen molar-refractivity contribution in [1.82, 2.24) is 35.9 Å². The number of nitrogens with one attached hydrogen (secondary N) is 6. The number of ether oxygens (including phenoxy) is 1. The van der Waals surface area contributed by atoms with Gasteiger partial charge in [-0.2, -0.15) is 0 Å². The average molecular weight is 661 g/mol. The second-order valence-electron chi connectivity index (χ2n) is 11.7. The molecule has 8 N–H and O–H groups in total. The Morgan fingerprint density at radius 2 is 1.22 bits per heavy atom. The number of imidazole rings is 1. The van der Waals surface area contributed by atoms with Crippen molar-refractivity contribution in [3.63, 3.8) is 0 Å². The SMILES string of the molecule is NC(=O)[C@H](Cc1cnc[nH]1)NC(=O)[C@H](Cc1c[nH]c2ccccc12)NC(=O)[C@H](Cc1c[nH]c2ccccc12)NC(=O)OCc1ccccc1. The van der Waals surface area contributed by atoms with Crippen molar-refractivity contribution >= 4 is 45.6 Å². The minimum atomic E-state index is -1.15. The third-order valence-electron chi connectivity index (χ3n) is 8.29. The number of fused-ring (bicyclic) bond motifs is 2. The van der Waals surface area contributed by atoms with Gasteiger partial charge in [0.05, 0.1) is 6.33 Å². The van der Waals surface area contributed by atoms with Crippen LogP contribution in [0.2, 0.25) is 0 Å². The Bertz CT molecular complexity index is 2050. The molecule has 6 rings (SSSR count). The van der Waals surface area contributed by atoms with Gasteiger partial charge in [-0.25, -0.2) is 9.78 Å². The maximum absolute atomic E-state index is 14.1. The number of benzene rings is 3. The molecule has 6 aromatic rings. The number of rotatable bonds is 14. The first-order valence-electron chi connectivity index (χ1n) is 15.8. The number of hydrogen-bond acceptors (Lipinski definition) is 6. The van der Waals surface area contributed by atoms with E-state index in [-0.39, 0.29) is 25.9 Å². The number of carbonyl (C=O) groups excluding carboxylic acids is 4. The van der Waals surface area contributed by atoms with E-state index in [1.807, 2.05) is 78.9 Å². The van der Waals surface area contributed by atoms with Gasteiger partial charge >= 0.3 is 6.09 Å². The number of H-pyrrole nitrogens is 3. The monoisotopic (exact) mass is 660 g/mol. The molecule has 0 saturated heterocycles. The fourth-order valence-electron chi connectivity index (χ4n) is 5.75. The molecule has 0 aliphatic rings. The minimum absolute atomic E-state index is 0.00449. The first-order valence-corrected chi connectivity index (χ1v) is 15.8. The van der Waals surface area contributed by atoms with Crippen LogP contribution < -0.4 is 21.7 Å². The third kappa shape index (κ3) is 8.14. The lowest BCUT2D eigenvalue weighted by Crippen LogP contribution is -2.57. The van der Waals surface area contributed by atoms with Gasteiger partial charge in [0.15, 0.2) is 0 Å². The van der Waals surface area contributed by atoms with Crippen LogP contribution >= 0.6 is 0 Å². The van der Waals surface area contributed by atoms with Crippen LogP contribution in [0.4, 0.5) is 4.79 Å². The van der Waals surface area contributed by atoms with Crippen LogP contribution in [0.25, 0.3) is 21.8 Å². The average Bonchev–Trinajstić information content (AvgIpc) is 3.88. The first kappa shape index (κ1) is 32.6. The van der Waals surface area contributed by atoms with E-state index in [0.717, 1.165) is 38.5 Å². The van der Waals surface area contributed by atoms with E-state index in [9.17, 15) is 19.2 Å². The lowest BCUT2D eigenvalue weighted by atomic mass is 10.0. The number of carbonyl (C=O) groups is 4. The summed E-state index contributed by atoms with van der Waals surface area (Å²) in [6.07, 6.45) is 6.01. The van der Waals surface area contributed by atoms with E-state index < -0.39 is 41.9 Å². The topological polar surface area (TPSA) is 200 Å². The van der Waals surface area contributed by atoms with E-state index >= 15 is 0 Å².